The van der Waals surface area contributed by atoms with E-state index in [0.29, 0.717) is 11.1 Å². The molecule has 0 unspecified atom stereocenters. The second kappa shape index (κ2) is 5.02. The molecule has 1 fully saturated rings. The van der Waals surface area contributed by atoms with Crippen LogP contribution >= 0.6 is 11.6 Å². The number of hydrogen-bond donors (Lipinski definition) is 0. The minimum Gasteiger partial charge on any atom is -0.487 e. The van der Waals surface area contributed by atoms with Crippen molar-refractivity contribution in [1.82, 2.24) is 9.78 Å². The summed E-state index contributed by atoms with van der Waals surface area (Å²) in [6.07, 6.45) is 8.88. The lowest BCUT2D eigenvalue weighted by Crippen LogP contribution is -2.10. The Balaban J connectivity index is 1.76. The number of ether oxygens (including phenoxy) is 1. The quantitative estimate of drug-likeness (QED) is 0.840. The average molecular weight is 263 g/mol. The second-order valence-electron chi connectivity index (χ2n) is 4.62. The maximum absolute atomic E-state index is 5.97. The van der Waals surface area contributed by atoms with Gasteiger partial charge in [0.15, 0.2) is 5.75 Å². The fraction of sp³-hybridized carbons (Fsp3) is 0.357. The van der Waals surface area contributed by atoms with Gasteiger partial charge in [0.25, 0.3) is 0 Å². The minimum atomic E-state index is 0.363. The number of hydrogen-bond acceptors (Lipinski definition) is 2. The zero-order valence-corrected chi connectivity index (χ0v) is 10.8. The molecule has 2 aromatic rings. The molecule has 1 aromatic heterocycles. The first kappa shape index (κ1) is 11.6. The molecule has 1 saturated carbocycles. The summed E-state index contributed by atoms with van der Waals surface area (Å²) in [5, 5.41) is 5.01. The van der Waals surface area contributed by atoms with Crippen molar-refractivity contribution < 1.29 is 4.74 Å². The topological polar surface area (TPSA) is 27.1 Å². The van der Waals surface area contributed by atoms with E-state index >= 15 is 0 Å². The van der Waals surface area contributed by atoms with E-state index < -0.39 is 0 Å². The lowest BCUT2D eigenvalue weighted by atomic mass is 10.3. The molecule has 1 aliphatic rings. The maximum atomic E-state index is 5.97. The molecule has 3 rings (SSSR count). The molecule has 0 atom stereocenters. The standard InChI is InChI=1S/C14H15ClN2O/c15-11-4-3-5-12(8-11)17-10-14(9-16-17)18-13-6-1-2-7-13/h3-5,8-10,13H,1-2,6-7H2. The molecular weight excluding hydrogens is 248 g/mol. The van der Waals surface area contributed by atoms with Gasteiger partial charge in [-0.05, 0) is 43.9 Å². The summed E-state index contributed by atoms with van der Waals surface area (Å²) in [4.78, 5) is 0. The molecule has 0 saturated heterocycles. The largest absolute Gasteiger partial charge is 0.487 e. The number of aromatic nitrogens is 2. The maximum Gasteiger partial charge on any atom is 0.158 e. The van der Waals surface area contributed by atoms with Crippen molar-refractivity contribution in [2.24, 2.45) is 0 Å². The number of benzene rings is 1. The Labute approximate surface area is 111 Å². The van der Waals surface area contributed by atoms with Crippen LogP contribution in [0.3, 0.4) is 0 Å². The number of nitrogens with zero attached hydrogens (tertiary/aromatic N) is 2. The van der Waals surface area contributed by atoms with Crippen molar-refractivity contribution >= 4 is 11.6 Å². The van der Waals surface area contributed by atoms with Crippen LogP contribution in [0.25, 0.3) is 5.69 Å². The second-order valence-corrected chi connectivity index (χ2v) is 5.06. The van der Waals surface area contributed by atoms with Gasteiger partial charge in [0.1, 0.15) is 0 Å². The summed E-state index contributed by atoms with van der Waals surface area (Å²) in [6.45, 7) is 0. The molecule has 0 bridgehead atoms. The van der Waals surface area contributed by atoms with Crippen LogP contribution in [0.1, 0.15) is 25.7 Å². The molecule has 0 spiro atoms. The van der Waals surface area contributed by atoms with Crippen LogP contribution < -0.4 is 4.74 Å². The highest BCUT2D eigenvalue weighted by atomic mass is 35.5. The van der Waals surface area contributed by atoms with Crippen molar-refractivity contribution in [1.29, 1.82) is 0 Å². The molecule has 0 N–H and O–H groups in total. The highest BCUT2D eigenvalue weighted by molar-refractivity contribution is 6.30. The van der Waals surface area contributed by atoms with Gasteiger partial charge in [-0.3, -0.25) is 0 Å². The Morgan fingerprint density at radius 1 is 1.28 bits per heavy atom. The molecule has 0 radical (unpaired) electrons. The van der Waals surface area contributed by atoms with E-state index in [0.717, 1.165) is 24.3 Å². The van der Waals surface area contributed by atoms with Crippen LogP contribution in [0.2, 0.25) is 5.02 Å². The SMILES string of the molecule is Clc1cccc(-n2cc(OC3CCCC3)cn2)c1. The molecule has 94 valence electrons. The Hall–Kier alpha value is -1.48. The summed E-state index contributed by atoms with van der Waals surface area (Å²) in [5.74, 6) is 0.835. The van der Waals surface area contributed by atoms with Crippen LogP contribution in [0.15, 0.2) is 36.7 Å². The van der Waals surface area contributed by atoms with Gasteiger partial charge in [0.05, 0.1) is 24.2 Å². The third-order valence-corrected chi connectivity index (χ3v) is 3.47. The van der Waals surface area contributed by atoms with E-state index in [-0.39, 0.29) is 0 Å². The van der Waals surface area contributed by atoms with Crippen molar-refractivity contribution in [2.45, 2.75) is 31.8 Å². The zero-order chi connectivity index (χ0) is 12.4. The summed E-state index contributed by atoms with van der Waals surface area (Å²) in [7, 11) is 0. The summed E-state index contributed by atoms with van der Waals surface area (Å²) < 4.78 is 7.68. The predicted molar refractivity (Wildman–Crippen MR) is 71.5 cm³/mol. The lowest BCUT2D eigenvalue weighted by molar-refractivity contribution is 0.210. The van der Waals surface area contributed by atoms with Crippen LogP contribution in [0.4, 0.5) is 0 Å². The third-order valence-electron chi connectivity index (χ3n) is 3.24. The van der Waals surface area contributed by atoms with Gasteiger partial charge in [-0.2, -0.15) is 5.10 Å². The molecule has 3 nitrogen and oxygen atoms in total. The average Bonchev–Trinajstić information content (AvgIpc) is 3.01. The van der Waals surface area contributed by atoms with Crippen LogP contribution in [-0.2, 0) is 0 Å². The molecule has 0 aliphatic heterocycles. The molecule has 1 heterocycles. The minimum absolute atomic E-state index is 0.363. The molecule has 18 heavy (non-hydrogen) atoms. The number of halogens is 1. The first-order valence-corrected chi connectivity index (χ1v) is 6.66. The molecule has 4 heteroatoms. The van der Waals surface area contributed by atoms with Gasteiger partial charge in [-0.15, -0.1) is 0 Å². The fourth-order valence-corrected chi connectivity index (χ4v) is 2.51. The van der Waals surface area contributed by atoms with Crippen LogP contribution in [0, 0.1) is 0 Å². The third kappa shape index (κ3) is 2.51. The smallest absolute Gasteiger partial charge is 0.158 e. The van der Waals surface area contributed by atoms with E-state index in [1.54, 1.807) is 10.9 Å². The summed E-state index contributed by atoms with van der Waals surface area (Å²) >= 11 is 5.97. The highest BCUT2D eigenvalue weighted by Crippen LogP contribution is 2.24. The highest BCUT2D eigenvalue weighted by Gasteiger charge is 2.17. The van der Waals surface area contributed by atoms with Crippen molar-refractivity contribution in [3.63, 3.8) is 0 Å². The van der Waals surface area contributed by atoms with Gasteiger partial charge >= 0.3 is 0 Å². The Morgan fingerprint density at radius 3 is 2.89 bits per heavy atom. The van der Waals surface area contributed by atoms with Crippen LogP contribution in [-0.4, -0.2) is 15.9 Å². The monoisotopic (exact) mass is 262 g/mol. The molecule has 1 aliphatic carbocycles. The molecule has 1 aromatic carbocycles. The van der Waals surface area contributed by atoms with Gasteiger partial charge in [0.2, 0.25) is 0 Å². The first-order valence-electron chi connectivity index (χ1n) is 6.28. The van der Waals surface area contributed by atoms with E-state index in [2.05, 4.69) is 5.10 Å². The lowest BCUT2D eigenvalue weighted by Gasteiger charge is -2.09. The van der Waals surface area contributed by atoms with E-state index in [4.69, 9.17) is 16.3 Å². The van der Waals surface area contributed by atoms with Crippen molar-refractivity contribution in [3.8, 4) is 11.4 Å². The number of rotatable bonds is 3. The Bertz CT molecular complexity index is 532. The van der Waals surface area contributed by atoms with Gasteiger partial charge in [-0.25, -0.2) is 4.68 Å². The first-order chi connectivity index (χ1) is 8.81. The fourth-order valence-electron chi connectivity index (χ4n) is 2.33. The van der Waals surface area contributed by atoms with Gasteiger partial charge < -0.3 is 4.74 Å². The van der Waals surface area contributed by atoms with E-state index in [9.17, 15) is 0 Å². The zero-order valence-electron chi connectivity index (χ0n) is 10.1. The van der Waals surface area contributed by atoms with Crippen LogP contribution in [0.5, 0.6) is 5.75 Å². The van der Waals surface area contributed by atoms with E-state index in [1.807, 2.05) is 30.5 Å². The Morgan fingerprint density at radius 2 is 2.11 bits per heavy atom. The summed E-state index contributed by atoms with van der Waals surface area (Å²) in [5.41, 5.74) is 0.948. The van der Waals surface area contributed by atoms with E-state index in [1.165, 1.54) is 12.8 Å². The van der Waals surface area contributed by atoms with Crippen molar-refractivity contribution in [3.05, 3.63) is 41.7 Å². The van der Waals surface area contributed by atoms with Gasteiger partial charge in [-0.1, -0.05) is 17.7 Å². The molecule has 0 amide bonds. The predicted octanol–water partition coefficient (Wildman–Crippen LogP) is 3.85. The normalized spacial score (nSPS) is 16.1. The van der Waals surface area contributed by atoms with Gasteiger partial charge in [0, 0.05) is 5.02 Å². The summed E-state index contributed by atoms with van der Waals surface area (Å²) in [6, 6.07) is 7.62. The Kier molecular flexibility index (Phi) is 3.24. The molecular formula is C14H15ClN2O. The van der Waals surface area contributed by atoms with Crippen molar-refractivity contribution in [2.75, 3.05) is 0 Å².